The van der Waals surface area contributed by atoms with E-state index in [1.807, 2.05) is 18.2 Å². The third-order valence-electron chi connectivity index (χ3n) is 4.43. The van der Waals surface area contributed by atoms with Crippen LogP contribution in [0.3, 0.4) is 0 Å². The zero-order valence-corrected chi connectivity index (χ0v) is 16.1. The smallest absolute Gasteiger partial charge is 0.254 e. The number of carbonyl (C=O) groups excluding carboxylic acids is 1. The highest BCUT2D eigenvalue weighted by Gasteiger charge is 2.28. The van der Waals surface area contributed by atoms with Gasteiger partial charge < -0.3 is 9.64 Å². The predicted molar refractivity (Wildman–Crippen MR) is 103 cm³/mol. The van der Waals surface area contributed by atoms with E-state index in [0.717, 1.165) is 5.69 Å². The zero-order chi connectivity index (χ0) is 19.3. The summed E-state index contributed by atoms with van der Waals surface area (Å²) in [6.07, 6.45) is 2.32. The summed E-state index contributed by atoms with van der Waals surface area (Å²) >= 11 is 0. The van der Waals surface area contributed by atoms with Gasteiger partial charge in [0.05, 0.1) is 30.3 Å². The fourth-order valence-electron chi connectivity index (χ4n) is 3.02. The number of benzene rings is 1. The molecule has 27 heavy (non-hydrogen) atoms. The summed E-state index contributed by atoms with van der Waals surface area (Å²) in [5.74, 6) is 0.0243. The molecule has 2 heterocycles. The molecule has 2 aromatic rings. The van der Waals surface area contributed by atoms with Crippen molar-refractivity contribution in [3.05, 3.63) is 59.9 Å². The first-order chi connectivity index (χ1) is 13.0. The lowest BCUT2D eigenvalue weighted by molar-refractivity contribution is 0.0678. The maximum Gasteiger partial charge on any atom is 0.254 e. The van der Waals surface area contributed by atoms with Crippen LogP contribution in [-0.2, 0) is 21.3 Å². The van der Waals surface area contributed by atoms with Gasteiger partial charge in [0, 0.05) is 32.0 Å². The topological polar surface area (TPSA) is 79.8 Å². The van der Waals surface area contributed by atoms with Crippen molar-refractivity contribution in [1.82, 2.24) is 9.88 Å². The summed E-state index contributed by atoms with van der Waals surface area (Å²) in [5.41, 5.74) is 1.89. The number of hydrogen-bond donors (Lipinski definition) is 0. The van der Waals surface area contributed by atoms with Crippen LogP contribution in [0.4, 0.5) is 5.69 Å². The minimum Gasteiger partial charge on any atom is -0.383 e. The van der Waals surface area contributed by atoms with Gasteiger partial charge in [-0.3, -0.25) is 14.1 Å². The highest BCUT2D eigenvalue weighted by molar-refractivity contribution is 7.93. The number of rotatable bonds is 7. The van der Waals surface area contributed by atoms with E-state index >= 15 is 0 Å². The Bertz CT molecular complexity index is 870. The number of carbonyl (C=O) groups is 1. The molecule has 1 aromatic carbocycles. The summed E-state index contributed by atoms with van der Waals surface area (Å²) in [6, 6.07) is 12.3. The fourth-order valence-corrected chi connectivity index (χ4v) is 4.59. The molecule has 0 N–H and O–H groups in total. The van der Waals surface area contributed by atoms with Crippen molar-refractivity contribution in [3.8, 4) is 0 Å². The van der Waals surface area contributed by atoms with Crippen molar-refractivity contribution in [2.24, 2.45) is 0 Å². The Morgan fingerprint density at radius 2 is 2.00 bits per heavy atom. The van der Waals surface area contributed by atoms with E-state index in [1.165, 1.54) is 4.31 Å². The van der Waals surface area contributed by atoms with E-state index in [2.05, 4.69) is 4.98 Å². The molecule has 0 saturated carbocycles. The molecule has 0 aliphatic carbocycles. The largest absolute Gasteiger partial charge is 0.383 e. The third-order valence-corrected chi connectivity index (χ3v) is 6.30. The number of methoxy groups -OCH3 is 1. The number of aromatic nitrogens is 1. The molecule has 1 amide bonds. The SMILES string of the molecule is COCCN(Cc1ccccn1)C(=O)c1ccc(N2CCCS2(=O)=O)cc1. The Balaban J connectivity index is 1.77. The molecule has 0 bridgehead atoms. The number of hydrogen-bond acceptors (Lipinski definition) is 5. The fraction of sp³-hybridized carbons (Fsp3) is 0.368. The van der Waals surface area contributed by atoms with Crippen LogP contribution < -0.4 is 4.31 Å². The number of pyridine rings is 1. The van der Waals surface area contributed by atoms with Gasteiger partial charge in [-0.2, -0.15) is 0 Å². The average Bonchev–Trinajstić information content (AvgIpc) is 3.04. The Morgan fingerprint density at radius 3 is 2.59 bits per heavy atom. The standard InChI is InChI=1S/C19H23N3O4S/c1-26-13-12-21(15-17-5-2-3-10-20-17)19(23)16-6-8-18(9-7-16)22-11-4-14-27(22,24)25/h2-3,5-10H,4,11-15H2,1H3. The number of sulfonamides is 1. The van der Waals surface area contributed by atoms with Gasteiger partial charge in [-0.05, 0) is 42.8 Å². The lowest BCUT2D eigenvalue weighted by atomic mass is 10.1. The third kappa shape index (κ3) is 4.64. The van der Waals surface area contributed by atoms with Crippen molar-refractivity contribution in [2.75, 3.05) is 36.9 Å². The number of amides is 1. The molecule has 1 saturated heterocycles. The minimum absolute atomic E-state index is 0.145. The summed E-state index contributed by atoms with van der Waals surface area (Å²) < 4.78 is 30.6. The Morgan fingerprint density at radius 1 is 1.22 bits per heavy atom. The molecular formula is C19H23N3O4S. The Labute approximate surface area is 159 Å². The number of anilines is 1. The van der Waals surface area contributed by atoms with Crippen LogP contribution in [-0.4, -0.2) is 56.8 Å². The molecule has 7 nitrogen and oxygen atoms in total. The monoisotopic (exact) mass is 389 g/mol. The quantitative estimate of drug-likeness (QED) is 0.723. The second kappa shape index (κ2) is 8.49. The Kier molecular flexibility index (Phi) is 6.08. The second-order valence-corrected chi connectivity index (χ2v) is 8.34. The zero-order valence-electron chi connectivity index (χ0n) is 15.2. The second-order valence-electron chi connectivity index (χ2n) is 6.33. The first-order valence-corrected chi connectivity index (χ1v) is 10.4. The highest BCUT2D eigenvalue weighted by Crippen LogP contribution is 2.24. The van der Waals surface area contributed by atoms with E-state index < -0.39 is 10.0 Å². The average molecular weight is 389 g/mol. The van der Waals surface area contributed by atoms with E-state index in [1.54, 1.807) is 42.5 Å². The van der Waals surface area contributed by atoms with Gasteiger partial charge in [0.15, 0.2) is 0 Å². The van der Waals surface area contributed by atoms with E-state index in [0.29, 0.717) is 43.9 Å². The van der Waals surface area contributed by atoms with Gasteiger partial charge in [-0.25, -0.2) is 8.42 Å². The molecule has 0 unspecified atom stereocenters. The van der Waals surface area contributed by atoms with Crippen LogP contribution in [0.2, 0.25) is 0 Å². The molecule has 0 spiro atoms. The maximum atomic E-state index is 12.9. The molecule has 3 rings (SSSR count). The van der Waals surface area contributed by atoms with Crippen LogP contribution in [0.15, 0.2) is 48.7 Å². The Hall–Kier alpha value is -2.45. The summed E-state index contributed by atoms with van der Waals surface area (Å²) in [6.45, 7) is 1.72. The van der Waals surface area contributed by atoms with Crippen molar-refractivity contribution in [2.45, 2.75) is 13.0 Å². The molecule has 1 aromatic heterocycles. The lowest BCUT2D eigenvalue weighted by Gasteiger charge is -2.23. The van der Waals surface area contributed by atoms with Crippen molar-refractivity contribution < 1.29 is 17.9 Å². The summed E-state index contributed by atoms with van der Waals surface area (Å²) in [4.78, 5) is 18.9. The lowest BCUT2D eigenvalue weighted by Crippen LogP contribution is -2.33. The van der Waals surface area contributed by atoms with Crippen molar-refractivity contribution >= 4 is 21.6 Å². The molecule has 1 aliphatic heterocycles. The van der Waals surface area contributed by atoms with E-state index in [-0.39, 0.29) is 11.7 Å². The summed E-state index contributed by atoms with van der Waals surface area (Å²) in [7, 11) is -1.64. The molecule has 0 radical (unpaired) electrons. The van der Waals surface area contributed by atoms with Gasteiger partial charge in [0.25, 0.3) is 5.91 Å². The molecule has 1 aliphatic rings. The predicted octanol–water partition coefficient (Wildman–Crippen LogP) is 1.91. The number of nitrogens with zero attached hydrogens (tertiary/aromatic N) is 3. The van der Waals surface area contributed by atoms with E-state index in [4.69, 9.17) is 4.74 Å². The molecular weight excluding hydrogens is 366 g/mol. The van der Waals surface area contributed by atoms with Gasteiger partial charge in [-0.15, -0.1) is 0 Å². The van der Waals surface area contributed by atoms with Crippen LogP contribution in [0.1, 0.15) is 22.5 Å². The van der Waals surface area contributed by atoms with Crippen LogP contribution in [0, 0.1) is 0 Å². The van der Waals surface area contributed by atoms with Gasteiger partial charge in [0.1, 0.15) is 0 Å². The highest BCUT2D eigenvalue weighted by atomic mass is 32.2. The van der Waals surface area contributed by atoms with E-state index in [9.17, 15) is 13.2 Å². The summed E-state index contributed by atoms with van der Waals surface area (Å²) in [5, 5.41) is 0. The maximum absolute atomic E-state index is 12.9. The van der Waals surface area contributed by atoms with Crippen LogP contribution in [0.5, 0.6) is 0 Å². The first kappa shape index (κ1) is 19.3. The van der Waals surface area contributed by atoms with Crippen LogP contribution in [0.25, 0.3) is 0 Å². The molecule has 144 valence electrons. The molecule has 8 heteroatoms. The molecule has 1 fully saturated rings. The van der Waals surface area contributed by atoms with Crippen LogP contribution >= 0.6 is 0 Å². The first-order valence-electron chi connectivity index (χ1n) is 8.80. The van der Waals surface area contributed by atoms with Gasteiger partial charge in [-0.1, -0.05) is 6.07 Å². The van der Waals surface area contributed by atoms with Gasteiger partial charge >= 0.3 is 0 Å². The minimum atomic E-state index is -3.23. The van der Waals surface area contributed by atoms with Gasteiger partial charge in [0.2, 0.25) is 10.0 Å². The molecule has 0 atom stereocenters. The number of ether oxygens (including phenoxy) is 1. The van der Waals surface area contributed by atoms with Crippen molar-refractivity contribution in [1.29, 1.82) is 0 Å². The van der Waals surface area contributed by atoms with Crippen molar-refractivity contribution in [3.63, 3.8) is 0 Å². The normalized spacial score (nSPS) is 15.7.